The number of benzene rings is 1. The maximum absolute atomic E-state index is 10.6. The van der Waals surface area contributed by atoms with Crippen LogP contribution in [0.25, 0.3) is 0 Å². The topological polar surface area (TPSA) is 86.3 Å². The van der Waals surface area contributed by atoms with Gasteiger partial charge in [-0.25, -0.2) is 0 Å². The van der Waals surface area contributed by atoms with E-state index in [1.54, 1.807) is 6.26 Å². The number of nitro benzene ring substituents is 2. The van der Waals surface area contributed by atoms with Gasteiger partial charge in [0.05, 0.1) is 15.9 Å². The summed E-state index contributed by atoms with van der Waals surface area (Å²) < 4.78 is 0. The van der Waals surface area contributed by atoms with E-state index in [1.165, 1.54) is 6.07 Å². The number of thioether (sulfide) groups is 1. The number of rotatable bonds is 3. The molecule has 0 N–H and O–H groups in total. The van der Waals surface area contributed by atoms with Crippen molar-refractivity contribution in [3.8, 4) is 0 Å². The maximum atomic E-state index is 10.6. The summed E-state index contributed by atoms with van der Waals surface area (Å²) in [6.07, 6.45) is 1.63. The first-order chi connectivity index (χ1) is 6.97. The van der Waals surface area contributed by atoms with Crippen LogP contribution in [0.5, 0.6) is 0 Å². The normalized spacial score (nSPS) is 10.0. The first-order valence-corrected chi connectivity index (χ1v) is 5.24. The summed E-state index contributed by atoms with van der Waals surface area (Å²) >= 11 is 6.81. The van der Waals surface area contributed by atoms with E-state index in [0.717, 1.165) is 17.8 Å². The molecule has 0 fully saturated rings. The lowest BCUT2D eigenvalue weighted by Crippen LogP contribution is -1.94. The third kappa shape index (κ3) is 2.37. The van der Waals surface area contributed by atoms with E-state index in [0.29, 0.717) is 4.90 Å². The SMILES string of the molecule is CSc1cc([N+](=O)[O-])cc([N+](=O)[O-])c1Cl. The smallest absolute Gasteiger partial charge is 0.258 e. The number of nitro groups is 2. The molecule has 8 heteroatoms. The summed E-state index contributed by atoms with van der Waals surface area (Å²) in [5.74, 6) is 0. The zero-order valence-corrected chi connectivity index (χ0v) is 9.04. The van der Waals surface area contributed by atoms with Gasteiger partial charge in [0.1, 0.15) is 5.02 Å². The molecular formula is C7H5ClN2O4S. The molecule has 0 bridgehead atoms. The fourth-order valence-corrected chi connectivity index (χ4v) is 1.89. The van der Waals surface area contributed by atoms with Crippen LogP contribution in [-0.2, 0) is 0 Å². The first kappa shape index (κ1) is 11.7. The van der Waals surface area contributed by atoms with Crippen molar-refractivity contribution in [2.24, 2.45) is 0 Å². The Hall–Kier alpha value is -1.34. The van der Waals surface area contributed by atoms with Crippen molar-refractivity contribution < 1.29 is 9.85 Å². The van der Waals surface area contributed by atoms with E-state index in [2.05, 4.69) is 0 Å². The molecule has 80 valence electrons. The number of hydrogen-bond donors (Lipinski definition) is 0. The fourth-order valence-electron chi connectivity index (χ4n) is 0.956. The molecule has 0 saturated carbocycles. The summed E-state index contributed by atoms with van der Waals surface area (Å²) in [6, 6.07) is 2.06. The molecule has 0 aliphatic rings. The van der Waals surface area contributed by atoms with Crippen molar-refractivity contribution in [1.82, 2.24) is 0 Å². The van der Waals surface area contributed by atoms with Gasteiger partial charge in [-0.3, -0.25) is 20.2 Å². The molecule has 0 heterocycles. The Morgan fingerprint density at radius 3 is 2.27 bits per heavy atom. The van der Waals surface area contributed by atoms with Crippen molar-refractivity contribution in [1.29, 1.82) is 0 Å². The Labute approximate surface area is 93.5 Å². The van der Waals surface area contributed by atoms with Gasteiger partial charge in [0.2, 0.25) is 0 Å². The van der Waals surface area contributed by atoms with Gasteiger partial charge in [-0.05, 0) is 6.26 Å². The van der Waals surface area contributed by atoms with Crippen LogP contribution < -0.4 is 0 Å². The Balaban J connectivity index is 3.45. The van der Waals surface area contributed by atoms with Crippen LogP contribution in [0.1, 0.15) is 0 Å². The van der Waals surface area contributed by atoms with Gasteiger partial charge < -0.3 is 0 Å². The summed E-state index contributed by atoms with van der Waals surface area (Å²) in [5, 5.41) is 21.0. The molecule has 0 spiro atoms. The van der Waals surface area contributed by atoms with Crippen LogP contribution in [0, 0.1) is 20.2 Å². The highest BCUT2D eigenvalue weighted by Crippen LogP contribution is 2.37. The minimum absolute atomic E-state index is 0.0712. The van der Waals surface area contributed by atoms with Crippen LogP contribution >= 0.6 is 23.4 Å². The molecule has 15 heavy (non-hydrogen) atoms. The highest BCUT2D eigenvalue weighted by Gasteiger charge is 2.22. The second-order valence-corrected chi connectivity index (χ2v) is 3.72. The van der Waals surface area contributed by atoms with Crippen molar-refractivity contribution in [3.05, 3.63) is 37.4 Å². The second kappa shape index (κ2) is 4.45. The van der Waals surface area contributed by atoms with Gasteiger partial charge in [0, 0.05) is 11.0 Å². The van der Waals surface area contributed by atoms with E-state index in [-0.39, 0.29) is 10.7 Å². The zero-order chi connectivity index (χ0) is 11.6. The van der Waals surface area contributed by atoms with Crippen LogP contribution in [0.15, 0.2) is 17.0 Å². The lowest BCUT2D eigenvalue weighted by molar-refractivity contribution is -0.394. The molecule has 0 aliphatic heterocycles. The third-order valence-electron chi connectivity index (χ3n) is 1.63. The molecule has 1 aromatic carbocycles. The van der Waals surface area contributed by atoms with Gasteiger partial charge in [-0.2, -0.15) is 0 Å². The minimum atomic E-state index is -0.741. The average Bonchev–Trinajstić information content (AvgIpc) is 2.17. The molecule has 1 rings (SSSR count). The van der Waals surface area contributed by atoms with Crippen LogP contribution in [0.3, 0.4) is 0 Å². The number of nitrogens with zero attached hydrogens (tertiary/aromatic N) is 2. The minimum Gasteiger partial charge on any atom is -0.258 e. The Morgan fingerprint density at radius 1 is 1.27 bits per heavy atom. The monoisotopic (exact) mass is 248 g/mol. The van der Waals surface area contributed by atoms with Crippen LogP contribution in [0.2, 0.25) is 5.02 Å². The van der Waals surface area contributed by atoms with Gasteiger partial charge in [0.15, 0.2) is 0 Å². The molecule has 0 unspecified atom stereocenters. The van der Waals surface area contributed by atoms with Crippen LogP contribution in [-0.4, -0.2) is 16.1 Å². The number of hydrogen-bond acceptors (Lipinski definition) is 5. The molecular weight excluding hydrogens is 244 g/mol. The summed E-state index contributed by atoms with van der Waals surface area (Å²) in [6.45, 7) is 0. The lowest BCUT2D eigenvalue weighted by Gasteiger charge is -2.01. The lowest BCUT2D eigenvalue weighted by atomic mass is 10.3. The number of halogens is 1. The molecule has 0 aliphatic carbocycles. The molecule has 0 amide bonds. The van der Waals surface area contributed by atoms with E-state index in [1.807, 2.05) is 0 Å². The second-order valence-electron chi connectivity index (χ2n) is 2.50. The summed E-state index contributed by atoms with van der Waals surface area (Å²) in [4.78, 5) is 19.9. The molecule has 0 saturated heterocycles. The van der Waals surface area contributed by atoms with Gasteiger partial charge >= 0.3 is 0 Å². The highest BCUT2D eigenvalue weighted by molar-refractivity contribution is 7.98. The van der Waals surface area contributed by atoms with E-state index in [9.17, 15) is 20.2 Å². The van der Waals surface area contributed by atoms with Crippen molar-refractivity contribution in [2.75, 3.05) is 6.26 Å². The van der Waals surface area contributed by atoms with Crippen LogP contribution in [0.4, 0.5) is 11.4 Å². The Morgan fingerprint density at radius 2 is 1.87 bits per heavy atom. The summed E-state index contributed by atoms with van der Waals surface area (Å²) in [5.41, 5.74) is -0.786. The van der Waals surface area contributed by atoms with Gasteiger partial charge in [-0.15, -0.1) is 11.8 Å². The fraction of sp³-hybridized carbons (Fsp3) is 0.143. The highest BCUT2D eigenvalue weighted by atomic mass is 35.5. The molecule has 0 aromatic heterocycles. The zero-order valence-electron chi connectivity index (χ0n) is 7.47. The maximum Gasteiger partial charge on any atom is 0.295 e. The quantitative estimate of drug-likeness (QED) is 0.466. The van der Waals surface area contributed by atoms with E-state index >= 15 is 0 Å². The standard InChI is InChI=1S/C7H5ClN2O4S/c1-15-6-3-4(9(11)12)2-5(7(6)8)10(13)14/h2-3H,1H3. The molecule has 0 radical (unpaired) electrons. The Kier molecular flexibility index (Phi) is 3.48. The number of non-ortho nitro benzene ring substituents is 1. The van der Waals surface area contributed by atoms with Crippen molar-refractivity contribution >= 4 is 34.7 Å². The molecule has 6 nitrogen and oxygen atoms in total. The van der Waals surface area contributed by atoms with Crippen molar-refractivity contribution in [3.63, 3.8) is 0 Å². The van der Waals surface area contributed by atoms with Gasteiger partial charge in [-0.1, -0.05) is 11.6 Å². The van der Waals surface area contributed by atoms with E-state index < -0.39 is 15.5 Å². The summed E-state index contributed by atoms with van der Waals surface area (Å²) in [7, 11) is 0. The predicted molar refractivity (Wildman–Crippen MR) is 56.5 cm³/mol. The van der Waals surface area contributed by atoms with Crippen molar-refractivity contribution in [2.45, 2.75) is 4.90 Å². The average molecular weight is 249 g/mol. The molecule has 0 atom stereocenters. The predicted octanol–water partition coefficient (Wildman–Crippen LogP) is 2.88. The first-order valence-electron chi connectivity index (χ1n) is 3.63. The van der Waals surface area contributed by atoms with Gasteiger partial charge in [0.25, 0.3) is 11.4 Å². The van der Waals surface area contributed by atoms with E-state index in [4.69, 9.17) is 11.6 Å². The Bertz CT molecular complexity index is 437. The largest absolute Gasteiger partial charge is 0.295 e. The molecule has 1 aromatic rings. The third-order valence-corrected chi connectivity index (χ3v) is 2.90.